The second-order valence-electron chi connectivity index (χ2n) is 5.22. The Bertz CT molecular complexity index is 185. The molecule has 3 heteroatoms. The van der Waals surface area contributed by atoms with Crippen molar-refractivity contribution in [3.05, 3.63) is 0 Å². The van der Waals surface area contributed by atoms with E-state index in [4.69, 9.17) is 9.47 Å². The van der Waals surface area contributed by atoms with Gasteiger partial charge in [-0.05, 0) is 31.6 Å². The van der Waals surface area contributed by atoms with Gasteiger partial charge in [-0.3, -0.25) is 0 Å². The fraction of sp³-hybridized carbons (Fsp3) is 1.00. The van der Waals surface area contributed by atoms with E-state index in [-0.39, 0.29) is 0 Å². The standard InChI is InChI=1S/C13H27NO2/c1-10(2)13-12(6-8-16-13)9-14-11(3)5-7-15-4/h10-14H,5-9H2,1-4H3/t11-,12-,13-/m1/s1. The number of ether oxygens (including phenoxy) is 2. The molecule has 0 aromatic carbocycles. The van der Waals surface area contributed by atoms with Gasteiger partial charge in [-0.15, -0.1) is 0 Å². The van der Waals surface area contributed by atoms with Crippen LogP contribution in [-0.4, -0.2) is 39.0 Å². The van der Waals surface area contributed by atoms with Gasteiger partial charge in [-0.25, -0.2) is 0 Å². The maximum atomic E-state index is 5.78. The number of hydrogen-bond acceptors (Lipinski definition) is 3. The summed E-state index contributed by atoms with van der Waals surface area (Å²) >= 11 is 0. The zero-order valence-electron chi connectivity index (χ0n) is 11.2. The monoisotopic (exact) mass is 229 g/mol. The summed E-state index contributed by atoms with van der Waals surface area (Å²) in [6.07, 6.45) is 2.73. The zero-order chi connectivity index (χ0) is 12.0. The number of methoxy groups -OCH3 is 1. The molecule has 1 saturated heterocycles. The first kappa shape index (κ1) is 13.9. The minimum atomic E-state index is 0.446. The van der Waals surface area contributed by atoms with Crippen LogP contribution in [0.1, 0.15) is 33.6 Å². The van der Waals surface area contributed by atoms with E-state index in [1.54, 1.807) is 7.11 Å². The van der Waals surface area contributed by atoms with Gasteiger partial charge in [0.2, 0.25) is 0 Å². The van der Waals surface area contributed by atoms with Crippen molar-refractivity contribution in [1.82, 2.24) is 5.32 Å². The molecule has 0 amide bonds. The van der Waals surface area contributed by atoms with Crippen molar-refractivity contribution in [2.24, 2.45) is 11.8 Å². The lowest BCUT2D eigenvalue weighted by molar-refractivity contribution is 0.0532. The second kappa shape index (κ2) is 7.25. The Hall–Kier alpha value is -0.120. The molecule has 1 N–H and O–H groups in total. The Morgan fingerprint density at radius 1 is 1.38 bits per heavy atom. The van der Waals surface area contributed by atoms with Gasteiger partial charge >= 0.3 is 0 Å². The molecule has 0 radical (unpaired) electrons. The lowest BCUT2D eigenvalue weighted by Gasteiger charge is -2.24. The molecule has 1 heterocycles. The number of rotatable bonds is 7. The average molecular weight is 229 g/mol. The summed E-state index contributed by atoms with van der Waals surface area (Å²) in [5.41, 5.74) is 0. The van der Waals surface area contributed by atoms with Crippen molar-refractivity contribution >= 4 is 0 Å². The van der Waals surface area contributed by atoms with E-state index in [0.717, 1.165) is 26.2 Å². The van der Waals surface area contributed by atoms with Crippen molar-refractivity contribution in [1.29, 1.82) is 0 Å². The van der Waals surface area contributed by atoms with Crippen molar-refractivity contribution in [2.45, 2.75) is 45.8 Å². The highest BCUT2D eigenvalue weighted by molar-refractivity contribution is 4.81. The molecule has 96 valence electrons. The van der Waals surface area contributed by atoms with E-state index in [1.165, 1.54) is 6.42 Å². The van der Waals surface area contributed by atoms with Gasteiger partial charge < -0.3 is 14.8 Å². The van der Waals surface area contributed by atoms with Gasteiger partial charge in [-0.1, -0.05) is 13.8 Å². The molecule has 1 rings (SSSR count). The summed E-state index contributed by atoms with van der Waals surface area (Å²) in [6.45, 7) is 9.56. The molecule has 1 aliphatic rings. The van der Waals surface area contributed by atoms with Crippen molar-refractivity contribution in [3.8, 4) is 0 Å². The summed E-state index contributed by atoms with van der Waals surface area (Å²) in [7, 11) is 1.76. The van der Waals surface area contributed by atoms with E-state index in [0.29, 0.717) is 24.0 Å². The first-order chi connectivity index (χ1) is 7.65. The minimum absolute atomic E-state index is 0.446. The summed E-state index contributed by atoms with van der Waals surface area (Å²) in [5.74, 6) is 1.31. The quantitative estimate of drug-likeness (QED) is 0.725. The van der Waals surface area contributed by atoms with E-state index < -0.39 is 0 Å². The van der Waals surface area contributed by atoms with Crippen LogP contribution in [-0.2, 0) is 9.47 Å². The van der Waals surface area contributed by atoms with Crippen molar-refractivity contribution in [2.75, 3.05) is 26.9 Å². The minimum Gasteiger partial charge on any atom is -0.385 e. The zero-order valence-corrected chi connectivity index (χ0v) is 11.2. The number of nitrogens with one attached hydrogen (secondary N) is 1. The maximum Gasteiger partial charge on any atom is 0.0639 e. The van der Waals surface area contributed by atoms with E-state index >= 15 is 0 Å². The second-order valence-corrected chi connectivity index (χ2v) is 5.22. The summed E-state index contributed by atoms with van der Waals surface area (Å²) < 4.78 is 10.9. The predicted molar refractivity (Wildman–Crippen MR) is 66.6 cm³/mol. The molecule has 1 aliphatic heterocycles. The van der Waals surface area contributed by atoms with Crippen LogP contribution in [0, 0.1) is 11.8 Å². The smallest absolute Gasteiger partial charge is 0.0639 e. The topological polar surface area (TPSA) is 30.5 Å². The third-order valence-corrected chi connectivity index (χ3v) is 3.40. The SMILES string of the molecule is COCC[C@@H](C)NC[C@H]1CCO[C@@H]1C(C)C. The third kappa shape index (κ3) is 4.40. The first-order valence-corrected chi connectivity index (χ1v) is 6.49. The molecule has 0 bridgehead atoms. The highest BCUT2D eigenvalue weighted by Gasteiger charge is 2.30. The lowest BCUT2D eigenvalue weighted by atomic mass is 9.93. The highest BCUT2D eigenvalue weighted by Crippen LogP contribution is 2.26. The van der Waals surface area contributed by atoms with E-state index in [1.807, 2.05) is 0 Å². The summed E-state index contributed by atoms with van der Waals surface area (Å²) in [6, 6.07) is 0.536. The largest absolute Gasteiger partial charge is 0.385 e. The molecule has 3 nitrogen and oxygen atoms in total. The average Bonchev–Trinajstić information content (AvgIpc) is 2.71. The van der Waals surface area contributed by atoms with E-state index in [9.17, 15) is 0 Å². The normalized spacial score (nSPS) is 27.6. The van der Waals surface area contributed by atoms with Crippen molar-refractivity contribution in [3.63, 3.8) is 0 Å². The molecule has 1 fully saturated rings. The number of hydrogen-bond donors (Lipinski definition) is 1. The molecule has 0 aromatic heterocycles. The fourth-order valence-corrected chi connectivity index (χ4v) is 2.36. The van der Waals surface area contributed by atoms with Crippen LogP contribution < -0.4 is 5.32 Å². The van der Waals surface area contributed by atoms with Gasteiger partial charge in [-0.2, -0.15) is 0 Å². The summed E-state index contributed by atoms with van der Waals surface area (Å²) in [5, 5.41) is 3.58. The van der Waals surface area contributed by atoms with Crippen LogP contribution in [0.4, 0.5) is 0 Å². The Morgan fingerprint density at radius 2 is 2.12 bits per heavy atom. The highest BCUT2D eigenvalue weighted by atomic mass is 16.5. The molecule has 0 aromatic rings. The van der Waals surface area contributed by atoms with Crippen LogP contribution in [0.2, 0.25) is 0 Å². The maximum absolute atomic E-state index is 5.78. The Kier molecular flexibility index (Phi) is 6.32. The van der Waals surface area contributed by atoms with Crippen LogP contribution in [0.25, 0.3) is 0 Å². The van der Waals surface area contributed by atoms with Crippen molar-refractivity contribution < 1.29 is 9.47 Å². The van der Waals surface area contributed by atoms with Gasteiger partial charge in [0.15, 0.2) is 0 Å². The van der Waals surface area contributed by atoms with Crippen LogP contribution in [0.3, 0.4) is 0 Å². The Balaban J connectivity index is 2.20. The van der Waals surface area contributed by atoms with Crippen LogP contribution in [0.5, 0.6) is 0 Å². The van der Waals surface area contributed by atoms with Gasteiger partial charge in [0.05, 0.1) is 6.10 Å². The molecule has 16 heavy (non-hydrogen) atoms. The lowest BCUT2D eigenvalue weighted by Crippen LogP contribution is -2.36. The van der Waals surface area contributed by atoms with Gasteiger partial charge in [0.25, 0.3) is 0 Å². The van der Waals surface area contributed by atoms with Crippen LogP contribution >= 0.6 is 0 Å². The van der Waals surface area contributed by atoms with Crippen LogP contribution in [0.15, 0.2) is 0 Å². The first-order valence-electron chi connectivity index (χ1n) is 6.49. The van der Waals surface area contributed by atoms with E-state index in [2.05, 4.69) is 26.1 Å². The van der Waals surface area contributed by atoms with Gasteiger partial charge in [0.1, 0.15) is 0 Å². The third-order valence-electron chi connectivity index (χ3n) is 3.40. The molecule has 0 aliphatic carbocycles. The molecule has 0 spiro atoms. The predicted octanol–water partition coefficient (Wildman–Crippen LogP) is 2.06. The van der Waals surface area contributed by atoms with Gasteiger partial charge in [0, 0.05) is 32.9 Å². The molecular formula is C13H27NO2. The fourth-order valence-electron chi connectivity index (χ4n) is 2.36. The molecule has 3 atom stereocenters. The molecule has 0 unspecified atom stereocenters. The summed E-state index contributed by atoms with van der Waals surface area (Å²) in [4.78, 5) is 0. The Morgan fingerprint density at radius 3 is 2.75 bits per heavy atom. The molecule has 0 saturated carbocycles. The molecular weight excluding hydrogens is 202 g/mol. The Labute approximate surface area is 99.9 Å².